The van der Waals surface area contributed by atoms with Crippen molar-refractivity contribution < 1.29 is 13.5 Å². The van der Waals surface area contributed by atoms with Gasteiger partial charge in [0, 0.05) is 20.6 Å². The molecule has 0 saturated carbocycles. The lowest BCUT2D eigenvalue weighted by atomic mass is 10.2. The molecule has 2 N–H and O–H groups in total. The van der Waals surface area contributed by atoms with Crippen LogP contribution in [0.1, 0.15) is 5.56 Å². The molecule has 0 amide bonds. The Kier molecular flexibility index (Phi) is 5.19. The number of guanidine groups is 1. The largest absolute Gasteiger partial charge is 0.435 e. The first-order chi connectivity index (χ1) is 8.15. The molecule has 94 valence electrons. The molecular formula is C11H15F2N3O. The number of halogens is 2. The standard InChI is InChI=1S/C11H15F2N3O/c1-14-11(15-2)16-7-8-4-3-5-9(6-8)17-10(12)13/h3-6,10H,7H2,1-2H3,(H2,14,15,16). The van der Waals surface area contributed by atoms with Crippen LogP contribution in [-0.2, 0) is 6.54 Å². The summed E-state index contributed by atoms with van der Waals surface area (Å²) in [6.07, 6.45) is 0. The van der Waals surface area contributed by atoms with Crippen LogP contribution in [0.15, 0.2) is 29.3 Å². The van der Waals surface area contributed by atoms with Crippen molar-refractivity contribution in [1.82, 2.24) is 10.6 Å². The van der Waals surface area contributed by atoms with E-state index in [1.165, 1.54) is 6.07 Å². The zero-order chi connectivity index (χ0) is 12.7. The van der Waals surface area contributed by atoms with Gasteiger partial charge in [0.1, 0.15) is 5.75 Å². The van der Waals surface area contributed by atoms with Gasteiger partial charge in [-0.1, -0.05) is 12.1 Å². The Morgan fingerprint density at radius 1 is 1.47 bits per heavy atom. The van der Waals surface area contributed by atoms with E-state index in [0.29, 0.717) is 12.5 Å². The first-order valence-corrected chi connectivity index (χ1v) is 5.08. The second-order valence-electron chi connectivity index (χ2n) is 3.20. The van der Waals surface area contributed by atoms with Crippen LogP contribution < -0.4 is 15.4 Å². The summed E-state index contributed by atoms with van der Waals surface area (Å²) in [7, 11) is 3.39. The lowest BCUT2D eigenvalue weighted by Gasteiger charge is -2.10. The summed E-state index contributed by atoms with van der Waals surface area (Å²) >= 11 is 0. The summed E-state index contributed by atoms with van der Waals surface area (Å²) in [6.45, 7) is -2.32. The third kappa shape index (κ3) is 4.67. The Morgan fingerprint density at radius 3 is 2.82 bits per heavy atom. The predicted octanol–water partition coefficient (Wildman–Crippen LogP) is 1.58. The number of hydrogen-bond acceptors (Lipinski definition) is 2. The molecule has 6 heteroatoms. The van der Waals surface area contributed by atoms with Crippen LogP contribution >= 0.6 is 0 Å². The van der Waals surface area contributed by atoms with E-state index in [-0.39, 0.29) is 5.75 Å². The maximum absolute atomic E-state index is 12.0. The molecule has 0 bridgehead atoms. The minimum atomic E-state index is -2.80. The maximum Gasteiger partial charge on any atom is 0.387 e. The Morgan fingerprint density at radius 2 is 2.24 bits per heavy atom. The van der Waals surface area contributed by atoms with E-state index in [9.17, 15) is 8.78 Å². The fourth-order valence-electron chi connectivity index (χ4n) is 1.30. The molecular weight excluding hydrogens is 228 g/mol. The van der Waals surface area contributed by atoms with Crippen molar-refractivity contribution in [1.29, 1.82) is 0 Å². The van der Waals surface area contributed by atoms with Crippen LogP contribution in [0.25, 0.3) is 0 Å². The van der Waals surface area contributed by atoms with Crippen molar-refractivity contribution in [3.63, 3.8) is 0 Å². The molecule has 4 nitrogen and oxygen atoms in total. The van der Waals surface area contributed by atoms with Gasteiger partial charge in [-0.25, -0.2) is 0 Å². The van der Waals surface area contributed by atoms with Crippen LogP contribution in [-0.4, -0.2) is 26.7 Å². The Balaban J connectivity index is 2.59. The summed E-state index contributed by atoms with van der Waals surface area (Å²) in [5.41, 5.74) is 0.833. The Hall–Kier alpha value is -1.85. The van der Waals surface area contributed by atoms with Crippen LogP contribution in [0.4, 0.5) is 8.78 Å². The smallest absolute Gasteiger partial charge is 0.387 e. The van der Waals surface area contributed by atoms with E-state index in [2.05, 4.69) is 20.4 Å². The van der Waals surface area contributed by atoms with Crippen molar-refractivity contribution in [2.45, 2.75) is 13.2 Å². The summed E-state index contributed by atoms with van der Waals surface area (Å²) in [5, 5.41) is 5.87. The second-order valence-corrected chi connectivity index (χ2v) is 3.20. The number of nitrogens with zero attached hydrogens (tertiary/aromatic N) is 1. The minimum Gasteiger partial charge on any atom is -0.435 e. The lowest BCUT2D eigenvalue weighted by molar-refractivity contribution is -0.0498. The fourth-order valence-corrected chi connectivity index (χ4v) is 1.30. The zero-order valence-electron chi connectivity index (χ0n) is 9.71. The highest BCUT2D eigenvalue weighted by Crippen LogP contribution is 2.15. The number of alkyl halides is 2. The quantitative estimate of drug-likeness (QED) is 0.623. The van der Waals surface area contributed by atoms with E-state index in [0.717, 1.165) is 5.56 Å². The van der Waals surface area contributed by atoms with Crippen LogP contribution in [0, 0.1) is 0 Å². The van der Waals surface area contributed by atoms with Gasteiger partial charge in [-0.3, -0.25) is 4.99 Å². The summed E-state index contributed by atoms with van der Waals surface area (Å²) in [4.78, 5) is 3.94. The molecule has 0 aliphatic carbocycles. The molecule has 0 unspecified atom stereocenters. The monoisotopic (exact) mass is 243 g/mol. The van der Waals surface area contributed by atoms with E-state index in [1.807, 2.05) is 6.07 Å². The van der Waals surface area contributed by atoms with Crippen molar-refractivity contribution in [3.8, 4) is 5.75 Å². The van der Waals surface area contributed by atoms with Gasteiger partial charge in [-0.05, 0) is 17.7 Å². The lowest BCUT2D eigenvalue weighted by Crippen LogP contribution is -2.34. The molecule has 1 rings (SSSR count). The van der Waals surface area contributed by atoms with Gasteiger partial charge in [-0.15, -0.1) is 0 Å². The first kappa shape index (κ1) is 13.2. The van der Waals surface area contributed by atoms with Gasteiger partial charge in [-0.2, -0.15) is 8.78 Å². The fraction of sp³-hybridized carbons (Fsp3) is 0.364. The zero-order valence-corrected chi connectivity index (χ0v) is 9.71. The number of nitrogens with one attached hydrogen (secondary N) is 2. The van der Waals surface area contributed by atoms with E-state index < -0.39 is 6.61 Å². The highest BCUT2D eigenvalue weighted by Gasteiger charge is 2.04. The molecule has 0 aliphatic rings. The summed E-state index contributed by atoms with van der Waals surface area (Å²) in [6, 6.07) is 6.52. The molecule has 0 atom stereocenters. The minimum absolute atomic E-state index is 0.152. The number of aliphatic imine (C=N–C) groups is 1. The highest BCUT2D eigenvalue weighted by molar-refractivity contribution is 5.79. The number of ether oxygens (including phenoxy) is 1. The molecule has 0 radical (unpaired) electrons. The van der Waals surface area contributed by atoms with Crippen LogP contribution in [0.5, 0.6) is 5.75 Å². The van der Waals surface area contributed by atoms with Crippen LogP contribution in [0.3, 0.4) is 0 Å². The van der Waals surface area contributed by atoms with Crippen LogP contribution in [0.2, 0.25) is 0 Å². The normalized spacial score (nSPS) is 11.5. The average Bonchev–Trinajstić information content (AvgIpc) is 2.30. The Labute approximate surface area is 98.7 Å². The van der Waals surface area contributed by atoms with E-state index >= 15 is 0 Å². The molecule has 17 heavy (non-hydrogen) atoms. The molecule has 1 aromatic rings. The third-order valence-electron chi connectivity index (χ3n) is 2.04. The highest BCUT2D eigenvalue weighted by atomic mass is 19.3. The maximum atomic E-state index is 12.0. The molecule has 0 aliphatic heterocycles. The predicted molar refractivity (Wildman–Crippen MR) is 62.3 cm³/mol. The van der Waals surface area contributed by atoms with Gasteiger partial charge in [0.2, 0.25) is 0 Å². The van der Waals surface area contributed by atoms with Gasteiger partial charge in [0.25, 0.3) is 0 Å². The number of benzene rings is 1. The molecule has 1 aromatic carbocycles. The van der Waals surface area contributed by atoms with E-state index in [1.54, 1.807) is 26.2 Å². The number of rotatable bonds is 4. The SMILES string of the molecule is CN=C(NC)NCc1cccc(OC(F)F)c1. The number of hydrogen-bond donors (Lipinski definition) is 2. The van der Waals surface area contributed by atoms with Crippen molar-refractivity contribution >= 4 is 5.96 Å². The van der Waals surface area contributed by atoms with Gasteiger partial charge in [0.05, 0.1) is 0 Å². The molecule has 0 heterocycles. The van der Waals surface area contributed by atoms with Gasteiger partial charge >= 0.3 is 6.61 Å². The van der Waals surface area contributed by atoms with Gasteiger partial charge in [0.15, 0.2) is 5.96 Å². The molecule has 0 aromatic heterocycles. The molecule has 0 fully saturated rings. The summed E-state index contributed by atoms with van der Waals surface area (Å²) in [5.74, 6) is 0.781. The summed E-state index contributed by atoms with van der Waals surface area (Å²) < 4.78 is 28.3. The van der Waals surface area contributed by atoms with Crippen molar-refractivity contribution in [2.75, 3.05) is 14.1 Å². The van der Waals surface area contributed by atoms with Crippen molar-refractivity contribution in [3.05, 3.63) is 29.8 Å². The topological polar surface area (TPSA) is 45.7 Å². The van der Waals surface area contributed by atoms with E-state index in [4.69, 9.17) is 0 Å². The average molecular weight is 243 g/mol. The second kappa shape index (κ2) is 6.67. The van der Waals surface area contributed by atoms with Crippen molar-refractivity contribution in [2.24, 2.45) is 4.99 Å². The molecule has 0 spiro atoms. The van der Waals surface area contributed by atoms with Gasteiger partial charge < -0.3 is 15.4 Å². The third-order valence-corrected chi connectivity index (χ3v) is 2.04. The molecule has 0 saturated heterocycles. The Bertz CT molecular complexity index is 383. The first-order valence-electron chi connectivity index (χ1n) is 5.08.